The van der Waals surface area contributed by atoms with Crippen LogP contribution in [0.25, 0.3) is 0 Å². The molecule has 0 radical (unpaired) electrons. The Morgan fingerprint density at radius 3 is 2.33 bits per heavy atom. The molecule has 1 unspecified atom stereocenters. The molecule has 3 nitrogen and oxygen atoms in total. The van der Waals surface area contributed by atoms with Crippen molar-refractivity contribution in [2.24, 2.45) is 17.1 Å². The van der Waals surface area contributed by atoms with E-state index in [2.05, 4.69) is 25.0 Å². The zero-order valence-electron chi connectivity index (χ0n) is 13.5. The molecule has 2 fully saturated rings. The van der Waals surface area contributed by atoms with Gasteiger partial charge in [0.25, 0.3) is 0 Å². The molecule has 2 N–H and O–H groups in total. The first-order valence-electron chi connectivity index (χ1n) is 7.96. The highest BCUT2D eigenvalue weighted by atomic mass is 32.2. The number of thioether (sulfide) groups is 1. The largest absolute Gasteiger partial charge is 0.392 e. The van der Waals surface area contributed by atoms with Crippen molar-refractivity contribution in [3.63, 3.8) is 0 Å². The van der Waals surface area contributed by atoms with Gasteiger partial charge in [-0.15, -0.1) is 0 Å². The van der Waals surface area contributed by atoms with Crippen LogP contribution in [0.1, 0.15) is 52.4 Å². The number of carbonyl (C=O) groups is 1. The topological polar surface area (TPSA) is 46.3 Å². The summed E-state index contributed by atoms with van der Waals surface area (Å²) >= 11 is 6.99. The fourth-order valence-electron chi connectivity index (χ4n) is 3.81. The summed E-state index contributed by atoms with van der Waals surface area (Å²) in [5.74, 6) is 0.551. The molecule has 1 saturated carbocycles. The normalized spacial score (nSPS) is 28.1. The smallest absolute Gasteiger partial charge is 0.226 e. The van der Waals surface area contributed by atoms with Crippen LogP contribution in [-0.2, 0) is 4.79 Å². The summed E-state index contributed by atoms with van der Waals surface area (Å²) in [6, 6.07) is 0. The maximum atomic E-state index is 12.9. The van der Waals surface area contributed by atoms with Crippen molar-refractivity contribution < 1.29 is 4.79 Å². The molecule has 1 amide bonds. The molecule has 0 aromatic rings. The molecule has 0 aromatic carbocycles. The Morgan fingerprint density at radius 1 is 1.24 bits per heavy atom. The molecule has 2 aliphatic rings. The van der Waals surface area contributed by atoms with E-state index in [1.165, 1.54) is 19.3 Å². The molecule has 5 heteroatoms. The number of amides is 1. The number of piperidine rings is 1. The Hall–Kier alpha value is -0.290. The molecule has 1 aliphatic heterocycles. The number of hydrogen-bond donors (Lipinski definition) is 1. The zero-order chi connectivity index (χ0) is 15.7. The van der Waals surface area contributed by atoms with Gasteiger partial charge in [-0.05, 0) is 37.4 Å². The first kappa shape index (κ1) is 17.1. The van der Waals surface area contributed by atoms with Crippen LogP contribution >= 0.6 is 24.0 Å². The summed E-state index contributed by atoms with van der Waals surface area (Å²) in [5.41, 5.74) is 6.07. The molecule has 0 bridgehead atoms. The zero-order valence-corrected chi connectivity index (χ0v) is 15.1. The number of nitrogens with zero attached hydrogens (tertiary/aromatic N) is 1. The van der Waals surface area contributed by atoms with Gasteiger partial charge in [-0.1, -0.05) is 38.9 Å². The number of nitrogens with two attached hydrogens (primary N) is 1. The van der Waals surface area contributed by atoms with Gasteiger partial charge in [0.15, 0.2) is 0 Å². The number of thiocarbonyl (C=S) groups is 1. The maximum Gasteiger partial charge on any atom is 0.226 e. The van der Waals surface area contributed by atoms with Crippen molar-refractivity contribution in [3.05, 3.63) is 0 Å². The second-order valence-corrected chi connectivity index (χ2v) is 8.80. The molecule has 0 spiro atoms. The molecule has 1 heterocycles. The maximum absolute atomic E-state index is 12.9. The minimum absolute atomic E-state index is 0.103. The van der Waals surface area contributed by atoms with Crippen molar-refractivity contribution in [2.75, 3.05) is 19.3 Å². The van der Waals surface area contributed by atoms with Gasteiger partial charge >= 0.3 is 0 Å². The van der Waals surface area contributed by atoms with E-state index in [9.17, 15) is 4.79 Å². The highest BCUT2D eigenvalue weighted by Crippen LogP contribution is 2.42. The van der Waals surface area contributed by atoms with E-state index in [-0.39, 0.29) is 16.1 Å². The van der Waals surface area contributed by atoms with E-state index >= 15 is 0 Å². The Kier molecular flexibility index (Phi) is 5.24. The van der Waals surface area contributed by atoms with E-state index in [0.29, 0.717) is 10.9 Å². The third-order valence-corrected chi connectivity index (χ3v) is 7.46. The standard InChI is InChI=1S/C16H28N2OS2/c1-15(2)7-5-4-6-12(15)13(19)18-10-8-16(21-3,9-11-18)14(17)20/h12H,4-11H2,1-3H3,(H2,17,20). The van der Waals surface area contributed by atoms with Crippen LogP contribution < -0.4 is 5.73 Å². The highest BCUT2D eigenvalue weighted by molar-refractivity contribution is 8.02. The lowest BCUT2D eigenvalue weighted by molar-refractivity contribution is -0.142. The molecule has 0 aromatic heterocycles. The first-order valence-corrected chi connectivity index (χ1v) is 9.59. The van der Waals surface area contributed by atoms with Crippen LogP contribution in [0.5, 0.6) is 0 Å². The highest BCUT2D eigenvalue weighted by Gasteiger charge is 2.43. The van der Waals surface area contributed by atoms with E-state index in [1.807, 2.05) is 0 Å². The Morgan fingerprint density at radius 2 is 1.86 bits per heavy atom. The second kappa shape index (κ2) is 6.45. The van der Waals surface area contributed by atoms with Gasteiger partial charge in [0.1, 0.15) is 0 Å². The molecular weight excluding hydrogens is 300 g/mol. The van der Waals surface area contributed by atoms with E-state index in [1.54, 1.807) is 11.8 Å². The predicted octanol–water partition coefficient (Wildman–Crippen LogP) is 3.21. The predicted molar refractivity (Wildman–Crippen MR) is 94.6 cm³/mol. The molecule has 1 aliphatic carbocycles. The molecule has 1 atom stereocenters. The van der Waals surface area contributed by atoms with Gasteiger partial charge in [0, 0.05) is 19.0 Å². The summed E-state index contributed by atoms with van der Waals surface area (Å²) in [7, 11) is 0. The number of hydrogen-bond acceptors (Lipinski definition) is 3. The monoisotopic (exact) mass is 328 g/mol. The lowest BCUT2D eigenvalue weighted by Gasteiger charge is -2.44. The quantitative estimate of drug-likeness (QED) is 0.808. The summed E-state index contributed by atoms with van der Waals surface area (Å²) in [4.78, 5) is 15.6. The molecule has 1 saturated heterocycles. The minimum atomic E-state index is -0.103. The van der Waals surface area contributed by atoms with Gasteiger partial charge in [0.2, 0.25) is 5.91 Å². The Bertz CT molecular complexity index is 415. The summed E-state index contributed by atoms with van der Waals surface area (Å²) in [6.45, 7) is 6.09. The first-order chi connectivity index (χ1) is 9.82. The van der Waals surface area contributed by atoms with Crippen LogP contribution in [0.2, 0.25) is 0 Å². The van der Waals surface area contributed by atoms with Crippen LogP contribution in [0, 0.1) is 11.3 Å². The molecule has 2 rings (SSSR count). The fraction of sp³-hybridized carbons (Fsp3) is 0.875. The average molecular weight is 329 g/mol. The van der Waals surface area contributed by atoms with Crippen molar-refractivity contribution in [1.29, 1.82) is 0 Å². The summed E-state index contributed by atoms with van der Waals surface area (Å²) < 4.78 is -0.103. The van der Waals surface area contributed by atoms with Gasteiger partial charge in [-0.3, -0.25) is 4.79 Å². The van der Waals surface area contributed by atoms with Gasteiger partial charge in [0.05, 0.1) is 9.74 Å². The van der Waals surface area contributed by atoms with Crippen molar-refractivity contribution in [1.82, 2.24) is 4.90 Å². The number of likely N-dealkylation sites (tertiary alicyclic amines) is 1. The summed E-state index contributed by atoms with van der Waals surface area (Å²) in [5, 5.41) is 0. The van der Waals surface area contributed by atoms with E-state index in [4.69, 9.17) is 18.0 Å². The third-order valence-electron chi connectivity index (χ3n) is 5.53. The Labute approximate surface area is 138 Å². The van der Waals surface area contributed by atoms with Crippen LogP contribution in [0.3, 0.4) is 0 Å². The van der Waals surface area contributed by atoms with E-state index < -0.39 is 0 Å². The van der Waals surface area contributed by atoms with Gasteiger partial charge in [-0.25, -0.2) is 0 Å². The third kappa shape index (κ3) is 3.39. The Balaban J connectivity index is 2.01. The summed E-state index contributed by atoms with van der Waals surface area (Å²) in [6.07, 6.45) is 8.51. The molecule has 120 valence electrons. The average Bonchev–Trinajstić information content (AvgIpc) is 2.46. The van der Waals surface area contributed by atoms with Crippen molar-refractivity contribution >= 4 is 34.9 Å². The van der Waals surface area contributed by atoms with Crippen LogP contribution in [-0.4, -0.2) is 39.9 Å². The fourth-order valence-corrected chi connectivity index (χ4v) is 5.06. The lowest BCUT2D eigenvalue weighted by atomic mass is 9.68. The minimum Gasteiger partial charge on any atom is -0.392 e. The number of carbonyl (C=O) groups excluding carboxylic acids is 1. The van der Waals surface area contributed by atoms with E-state index in [0.717, 1.165) is 32.4 Å². The second-order valence-electron chi connectivity index (χ2n) is 7.17. The van der Waals surface area contributed by atoms with Crippen LogP contribution in [0.4, 0.5) is 0 Å². The number of rotatable bonds is 3. The van der Waals surface area contributed by atoms with Gasteiger partial charge < -0.3 is 10.6 Å². The van der Waals surface area contributed by atoms with Crippen molar-refractivity contribution in [3.8, 4) is 0 Å². The SMILES string of the molecule is CSC1(C(N)=S)CCN(C(=O)C2CCCCC2(C)C)CC1. The van der Waals surface area contributed by atoms with Crippen LogP contribution in [0.15, 0.2) is 0 Å². The molecule has 21 heavy (non-hydrogen) atoms. The lowest BCUT2D eigenvalue weighted by Crippen LogP contribution is -2.53. The molecular formula is C16H28N2OS2. The van der Waals surface area contributed by atoms with Crippen molar-refractivity contribution in [2.45, 2.75) is 57.1 Å². The van der Waals surface area contributed by atoms with Gasteiger partial charge in [-0.2, -0.15) is 11.8 Å².